The van der Waals surface area contributed by atoms with E-state index in [0.29, 0.717) is 6.61 Å². The van der Waals surface area contributed by atoms with Gasteiger partial charge in [0, 0.05) is 0 Å². The van der Waals surface area contributed by atoms with E-state index in [1.54, 1.807) is 0 Å². The van der Waals surface area contributed by atoms with E-state index in [0.717, 1.165) is 12.8 Å². The minimum absolute atomic E-state index is 0.0237. The molecule has 5 heteroatoms. The van der Waals surface area contributed by atoms with E-state index in [1.807, 2.05) is 6.92 Å². The van der Waals surface area contributed by atoms with Crippen molar-refractivity contribution < 1.29 is 24.1 Å². The summed E-state index contributed by atoms with van der Waals surface area (Å²) in [7, 11) is 0. The Hall–Kier alpha value is -1.07. The van der Waals surface area contributed by atoms with Gasteiger partial charge in [0.15, 0.2) is 5.76 Å². The number of aliphatic hydroxyl groups excluding tert-OH is 1. The maximum Gasteiger partial charge on any atom is 0.373 e. The van der Waals surface area contributed by atoms with Crippen LogP contribution in [0.2, 0.25) is 0 Å². The Bertz CT molecular complexity index is 203. The monoisotopic (exact) mass is 232 g/mol. The summed E-state index contributed by atoms with van der Waals surface area (Å²) in [6.45, 7) is 6.57. The van der Waals surface area contributed by atoms with Crippen molar-refractivity contribution >= 4 is 5.97 Å². The number of esters is 1. The van der Waals surface area contributed by atoms with Crippen molar-refractivity contribution in [3.05, 3.63) is 12.3 Å². The third kappa shape index (κ3) is 8.26. The summed E-state index contributed by atoms with van der Waals surface area (Å²) in [6, 6.07) is 0. The first-order chi connectivity index (χ1) is 7.72. The van der Waals surface area contributed by atoms with E-state index in [1.165, 1.54) is 0 Å². The number of aliphatic hydroxyl groups is 1. The molecule has 0 amide bonds. The average molecular weight is 232 g/mol. The molecule has 0 heterocycles. The third-order valence-corrected chi connectivity index (χ3v) is 1.70. The van der Waals surface area contributed by atoms with Gasteiger partial charge in [-0.05, 0) is 13.0 Å². The number of carbonyl (C=O) groups excluding carboxylic acids is 1. The molecule has 0 aromatic heterocycles. The highest BCUT2D eigenvalue weighted by Crippen LogP contribution is 1.99. The lowest BCUT2D eigenvalue weighted by Crippen LogP contribution is -2.14. The first-order valence-corrected chi connectivity index (χ1v) is 5.39. The van der Waals surface area contributed by atoms with Crippen molar-refractivity contribution in [1.29, 1.82) is 0 Å². The number of carbonyl (C=O) groups is 1. The van der Waals surface area contributed by atoms with Gasteiger partial charge >= 0.3 is 5.97 Å². The fraction of sp³-hybridized carbons (Fsp3) is 0.727. The molecule has 0 aliphatic rings. The highest BCUT2D eigenvalue weighted by atomic mass is 16.6. The molecule has 1 N–H and O–H groups in total. The number of unbranched alkanes of at least 4 members (excludes halogenated alkanes) is 1. The maximum absolute atomic E-state index is 11.2. The number of hydrogen-bond acceptors (Lipinski definition) is 5. The second-order valence-electron chi connectivity index (χ2n) is 3.10. The molecule has 5 nitrogen and oxygen atoms in total. The molecule has 94 valence electrons. The van der Waals surface area contributed by atoms with Gasteiger partial charge in [-0.2, -0.15) is 0 Å². The zero-order chi connectivity index (χ0) is 12.2. The lowest BCUT2D eigenvalue weighted by atomic mass is 10.4. The van der Waals surface area contributed by atoms with Crippen LogP contribution in [0.25, 0.3) is 0 Å². The molecule has 0 aromatic carbocycles. The van der Waals surface area contributed by atoms with Crippen LogP contribution < -0.4 is 0 Å². The van der Waals surface area contributed by atoms with Gasteiger partial charge in [0.25, 0.3) is 0 Å². The molecule has 0 saturated carbocycles. The van der Waals surface area contributed by atoms with Crippen LogP contribution in [0, 0.1) is 0 Å². The van der Waals surface area contributed by atoms with Gasteiger partial charge in [0.05, 0.1) is 26.4 Å². The van der Waals surface area contributed by atoms with Crippen LogP contribution in [0.4, 0.5) is 0 Å². The van der Waals surface area contributed by atoms with Crippen molar-refractivity contribution in [2.24, 2.45) is 0 Å². The normalized spacial score (nSPS) is 9.88. The molecule has 0 fully saturated rings. The first-order valence-electron chi connectivity index (χ1n) is 5.39. The summed E-state index contributed by atoms with van der Waals surface area (Å²) in [5.41, 5.74) is 0. The summed E-state index contributed by atoms with van der Waals surface area (Å²) in [5, 5.41) is 8.42. The lowest BCUT2D eigenvalue weighted by Gasteiger charge is -2.08. The van der Waals surface area contributed by atoms with Crippen LogP contribution in [0.3, 0.4) is 0 Å². The van der Waals surface area contributed by atoms with Crippen molar-refractivity contribution in [1.82, 2.24) is 0 Å². The minimum atomic E-state index is -0.566. The summed E-state index contributed by atoms with van der Waals surface area (Å²) < 4.78 is 14.8. The van der Waals surface area contributed by atoms with Crippen LogP contribution in [0.15, 0.2) is 12.3 Å². The van der Waals surface area contributed by atoms with Crippen LogP contribution in [-0.2, 0) is 19.0 Å². The maximum atomic E-state index is 11.2. The molecular formula is C11H20O5. The van der Waals surface area contributed by atoms with Gasteiger partial charge in [-0.15, -0.1) is 0 Å². The fourth-order valence-corrected chi connectivity index (χ4v) is 0.839. The van der Waals surface area contributed by atoms with Crippen LogP contribution in [0.5, 0.6) is 0 Å². The topological polar surface area (TPSA) is 65.0 Å². The van der Waals surface area contributed by atoms with E-state index in [9.17, 15) is 4.79 Å². The van der Waals surface area contributed by atoms with Crippen molar-refractivity contribution in [2.75, 3.05) is 33.0 Å². The summed E-state index contributed by atoms with van der Waals surface area (Å²) in [4.78, 5) is 11.2. The standard InChI is InChI=1S/C11H20O5/c1-3-4-6-15-10(2)11(13)16-9-8-14-7-5-12/h12H,2-9H2,1H3. The van der Waals surface area contributed by atoms with Gasteiger partial charge in [-0.3, -0.25) is 0 Å². The summed E-state index contributed by atoms with van der Waals surface area (Å²) in [6.07, 6.45) is 1.88. The van der Waals surface area contributed by atoms with Crippen LogP contribution in [-0.4, -0.2) is 44.1 Å². The number of rotatable bonds is 10. The largest absolute Gasteiger partial charge is 0.487 e. The lowest BCUT2D eigenvalue weighted by molar-refractivity contribution is -0.144. The van der Waals surface area contributed by atoms with Gasteiger partial charge in [0.2, 0.25) is 0 Å². The Balaban J connectivity index is 3.44. The van der Waals surface area contributed by atoms with E-state index in [-0.39, 0.29) is 32.2 Å². The van der Waals surface area contributed by atoms with E-state index >= 15 is 0 Å². The highest BCUT2D eigenvalue weighted by molar-refractivity contribution is 5.85. The smallest absolute Gasteiger partial charge is 0.373 e. The van der Waals surface area contributed by atoms with Crippen LogP contribution >= 0.6 is 0 Å². The van der Waals surface area contributed by atoms with Crippen molar-refractivity contribution in [3.63, 3.8) is 0 Å². The van der Waals surface area contributed by atoms with E-state index < -0.39 is 5.97 Å². The zero-order valence-corrected chi connectivity index (χ0v) is 9.74. The highest BCUT2D eigenvalue weighted by Gasteiger charge is 2.08. The third-order valence-electron chi connectivity index (χ3n) is 1.70. The second kappa shape index (κ2) is 10.4. The Morgan fingerprint density at radius 1 is 1.19 bits per heavy atom. The van der Waals surface area contributed by atoms with Gasteiger partial charge in [0.1, 0.15) is 6.61 Å². The molecule has 0 aliphatic carbocycles. The Morgan fingerprint density at radius 2 is 1.94 bits per heavy atom. The quantitative estimate of drug-likeness (QED) is 0.262. The molecule has 0 radical (unpaired) electrons. The van der Waals surface area contributed by atoms with Gasteiger partial charge in [-0.1, -0.05) is 13.3 Å². The predicted octanol–water partition coefficient (Wildman–Crippen LogP) is 0.869. The summed E-state index contributed by atoms with van der Waals surface area (Å²) in [5.74, 6) is -0.542. The first kappa shape index (κ1) is 14.9. The predicted molar refractivity (Wildman–Crippen MR) is 58.9 cm³/mol. The average Bonchev–Trinajstić information content (AvgIpc) is 2.28. The van der Waals surface area contributed by atoms with Crippen molar-refractivity contribution in [3.8, 4) is 0 Å². The zero-order valence-electron chi connectivity index (χ0n) is 9.74. The van der Waals surface area contributed by atoms with Crippen molar-refractivity contribution in [2.45, 2.75) is 19.8 Å². The number of ether oxygens (including phenoxy) is 3. The molecule has 0 rings (SSSR count). The number of hydrogen-bond donors (Lipinski definition) is 1. The fourth-order valence-electron chi connectivity index (χ4n) is 0.839. The van der Waals surface area contributed by atoms with E-state index in [4.69, 9.17) is 19.3 Å². The molecular weight excluding hydrogens is 212 g/mol. The molecule has 0 saturated heterocycles. The summed E-state index contributed by atoms with van der Waals surface area (Å²) >= 11 is 0. The molecule has 16 heavy (non-hydrogen) atoms. The molecule has 0 aliphatic heterocycles. The molecule has 0 bridgehead atoms. The van der Waals surface area contributed by atoms with Gasteiger partial charge in [-0.25, -0.2) is 4.79 Å². The van der Waals surface area contributed by atoms with Gasteiger partial charge < -0.3 is 19.3 Å². The minimum Gasteiger partial charge on any atom is -0.487 e. The Kier molecular flexibility index (Phi) is 9.75. The molecule has 0 atom stereocenters. The Morgan fingerprint density at radius 3 is 2.56 bits per heavy atom. The molecule has 0 spiro atoms. The molecule has 0 unspecified atom stereocenters. The second-order valence-corrected chi connectivity index (χ2v) is 3.10. The van der Waals surface area contributed by atoms with Crippen LogP contribution in [0.1, 0.15) is 19.8 Å². The van der Waals surface area contributed by atoms with E-state index in [2.05, 4.69) is 6.58 Å². The SMILES string of the molecule is C=C(OCCCC)C(=O)OCCOCCO. The molecule has 0 aromatic rings. The Labute approximate surface area is 96.0 Å².